The van der Waals surface area contributed by atoms with Crippen molar-refractivity contribution < 1.29 is 19.1 Å². The number of rotatable bonds is 3. The Labute approximate surface area is 164 Å². The number of carbonyl (C=O) groups excluding carboxylic acids is 3. The Bertz CT molecular complexity index is 959. The van der Waals surface area contributed by atoms with Crippen molar-refractivity contribution in [3.63, 3.8) is 0 Å². The number of anilines is 1. The third kappa shape index (κ3) is 3.12. The van der Waals surface area contributed by atoms with Crippen LogP contribution in [0.4, 0.5) is 5.69 Å². The number of aryl methyl sites for hydroxylation is 1. The summed E-state index contributed by atoms with van der Waals surface area (Å²) in [6, 6.07) is 11.8. The van der Waals surface area contributed by atoms with E-state index < -0.39 is 18.2 Å². The largest absolute Gasteiger partial charge is 0.433 e. The molecule has 6 nitrogen and oxygen atoms in total. The van der Waals surface area contributed by atoms with Crippen LogP contribution in [0.5, 0.6) is 0 Å². The van der Waals surface area contributed by atoms with Gasteiger partial charge in [-0.15, -0.1) is 0 Å². The van der Waals surface area contributed by atoms with Crippen LogP contribution >= 0.6 is 15.9 Å². The van der Waals surface area contributed by atoms with Gasteiger partial charge in [-0.05, 0) is 43.2 Å². The Hall–Kier alpha value is -2.67. The van der Waals surface area contributed by atoms with Gasteiger partial charge < -0.3 is 10.1 Å². The molecule has 2 aromatic carbocycles. The molecule has 0 spiro atoms. The number of halogens is 1. The summed E-state index contributed by atoms with van der Waals surface area (Å²) in [6.45, 7) is 1.93. The highest BCUT2D eigenvalue weighted by atomic mass is 79.9. The number of hydrogen-bond acceptors (Lipinski definition) is 4. The van der Waals surface area contributed by atoms with E-state index in [1.54, 1.807) is 30.3 Å². The van der Waals surface area contributed by atoms with Crippen molar-refractivity contribution in [1.82, 2.24) is 4.90 Å². The Balaban J connectivity index is 1.59. The van der Waals surface area contributed by atoms with Gasteiger partial charge in [-0.3, -0.25) is 14.5 Å². The van der Waals surface area contributed by atoms with E-state index in [1.165, 1.54) is 4.90 Å². The fourth-order valence-electron chi connectivity index (χ4n) is 3.54. The van der Waals surface area contributed by atoms with Crippen molar-refractivity contribution in [1.29, 1.82) is 0 Å². The number of likely N-dealkylation sites (tertiary alicyclic amines) is 1. The first-order valence-electron chi connectivity index (χ1n) is 8.64. The number of nitrogens with zero attached hydrogens (tertiary/aromatic N) is 1. The molecule has 27 heavy (non-hydrogen) atoms. The Morgan fingerprint density at radius 1 is 1.22 bits per heavy atom. The van der Waals surface area contributed by atoms with E-state index in [4.69, 9.17) is 4.74 Å². The Morgan fingerprint density at radius 3 is 2.78 bits per heavy atom. The molecule has 2 heterocycles. The quantitative estimate of drug-likeness (QED) is 0.758. The molecule has 2 aliphatic rings. The van der Waals surface area contributed by atoms with E-state index in [2.05, 4.69) is 21.2 Å². The summed E-state index contributed by atoms with van der Waals surface area (Å²) in [5.41, 5.74) is 2.70. The molecule has 7 heteroatoms. The lowest BCUT2D eigenvalue weighted by Gasteiger charge is -2.29. The molecule has 1 N–H and O–H groups in total. The molecule has 1 fully saturated rings. The first-order valence-corrected chi connectivity index (χ1v) is 9.43. The molecule has 0 bridgehead atoms. The summed E-state index contributed by atoms with van der Waals surface area (Å²) >= 11 is 3.43. The molecule has 2 atom stereocenters. The average Bonchev–Trinajstić information content (AvgIpc) is 3.19. The number of carbonyl (C=O) groups is 3. The molecular formula is C20H17BrN2O4. The van der Waals surface area contributed by atoms with E-state index in [-0.39, 0.29) is 18.2 Å². The van der Waals surface area contributed by atoms with Crippen LogP contribution in [-0.2, 0) is 14.3 Å². The lowest BCUT2D eigenvalue weighted by Crippen LogP contribution is -2.43. The highest BCUT2D eigenvalue weighted by Crippen LogP contribution is 2.38. The van der Waals surface area contributed by atoms with Gasteiger partial charge in [0.1, 0.15) is 6.04 Å². The van der Waals surface area contributed by atoms with Crippen LogP contribution in [0.3, 0.4) is 0 Å². The third-order valence-electron chi connectivity index (χ3n) is 4.90. The first kappa shape index (κ1) is 17.7. The Kier molecular flexibility index (Phi) is 4.47. The van der Waals surface area contributed by atoms with E-state index in [0.717, 1.165) is 10.0 Å². The zero-order valence-electron chi connectivity index (χ0n) is 14.6. The maximum Gasteiger partial charge on any atom is 0.340 e. The highest BCUT2D eigenvalue weighted by molar-refractivity contribution is 9.10. The molecule has 2 aromatic rings. The number of ether oxygens (including phenoxy) is 1. The van der Waals surface area contributed by atoms with Crippen LogP contribution in [0.25, 0.3) is 0 Å². The summed E-state index contributed by atoms with van der Waals surface area (Å²) in [5.74, 6) is -0.961. The van der Waals surface area contributed by atoms with Crippen LogP contribution in [0.1, 0.15) is 40.6 Å². The zero-order valence-corrected chi connectivity index (χ0v) is 16.2. The number of amides is 2. The molecule has 2 aliphatic heterocycles. The van der Waals surface area contributed by atoms with E-state index in [0.29, 0.717) is 23.2 Å². The van der Waals surface area contributed by atoms with Crippen molar-refractivity contribution in [3.8, 4) is 0 Å². The van der Waals surface area contributed by atoms with Crippen molar-refractivity contribution in [3.05, 3.63) is 63.6 Å². The summed E-state index contributed by atoms with van der Waals surface area (Å²) in [4.78, 5) is 38.9. The zero-order chi connectivity index (χ0) is 19.1. The fourth-order valence-corrected chi connectivity index (χ4v) is 3.78. The SMILES string of the molecule is Cc1cc(NC(=O)[C@H]2CCC(=O)N2[C@H]2OC(=O)c3ccccc32)ccc1Br. The van der Waals surface area contributed by atoms with Crippen molar-refractivity contribution in [2.75, 3.05) is 5.32 Å². The fraction of sp³-hybridized carbons (Fsp3) is 0.250. The number of nitrogens with one attached hydrogen (secondary N) is 1. The van der Waals surface area contributed by atoms with Crippen LogP contribution < -0.4 is 5.32 Å². The van der Waals surface area contributed by atoms with Gasteiger partial charge in [-0.2, -0.15) is 0 Å². The van der Waals surface area contributed by atoms with Gasteiger partial charge in [0.25, 0.3) is 0 Å². The van der Waals surface area contributed by atoms with Crippen LogP contribution in [0.2, 0.25) is 0 Å². The minimum Gasteiger partial charge on any atom is -0.433 e. The maximum atomic E-state index is 12.9. The van der Waals surface area contributed by atoms with Crippen molar-refractivity contribution in [2.24, 2.45) is 0 Å². The second kappa shape index (κ2) is 6.81. The molecule has 4 rings (SSSR count). The summed E-state index contributed by atoms with van der Waals surface area (Å²) in [5, 5.41) is 2.87. The average molecular weight is 429 g/mol. The van der Waals surface area contributed by atoms with Gasteiger partial charge >= 0.3 is 5.97 Å². The highest BCUT2D eigenvalue weighted by Gasteiger charge is 2.46. The second-order valence-corrected chi connectivity index (χ2v) is 7.51. The smallest absolute Gasteiger partial charge is 0.340 e. The minimum atomic E-state index is -0.855. The maximum absolute atomic E-state index is 12.9. The number of esters is 1. The molecule has 138 valence electrons. The molecule has 0 saturated carbocycles. The molecule has 0 aromatic heterocycles. The van der Waals surface area contributed by atoms with E-state index in [9.17, 15) is 14.4 Å². The molecule has 0 radical (unpaired) electrons. The van der Waals surface area contributed by atoms with Gasteiger partial charge in [0.15, 0.2) is 0 Å². The lowest BCUT2D eigenvalue weighted by atomic mass is 10.1. The third-order valence-corrected chi connectivity index (χ3v) is 5.79. The van der Waals surface area contributed by atoms with Crippen molar-refractivity contribution in [2.45, 2.75) is 32.0 Å². The summed E-state index contributed by atoms with van der Waals surface area (Å²) in [6.07, 6.45) is -0.226. The van der Waals surface area contributed by atoms with E-state index >= 15 is 0 Å². The normalized spacial score (nSPS) is 21.2. The number of hydrogen-bond donors (Lipinski definition) is 1. The molecular weight excluding hydrogens is 412 g/mol. The molecule has 2 amide bonds. The van der Waals surface area contributed by atoms with Crippen LogP contribution in [-0.4, -0.2) is 28.7 Å². The number of cyclic esters (lactones) is 1. The monoisotopic (exact) mass is 428 g/mol. The lowest BCUT2D eigenvalue weighted by molar-refractivity contribution is -0.144. The standard InChI is InChI=1S/C20H17BrN2O4/c1-11-10-12(6-7-15(11)21)22-18(25)16-8-9-17(24)23(16)19-13-4-2-3-5-14(13)20(26)27-19/h2-7,10,16,19H,8-9H2,1H3,(H,22,25)/t16-,19+/m1/s1. The molecule has 0 aliphatic carbocycles. The van der Waals surface area contributed by atoms with Gasteiger partial charge in [0.2, 0.25) is 18.0 Å². The number of benzene rings is 2. The minimum absolute atomic E-state index is 0.198. The van der Waals surface area contributed by atoms with Gasteiger partial charge in [0, 0.05) is 22.1 Å². The first-order chi connectivity index (χ1) is 13.0. The molecule has 0 unspecified atom stereocenters. The van der Waals surface area contributed by atoms with Gasteiger partial charge in [-0.25, -0.2) is 4.79 Å². The van der Waals surface area contributed by atoms with Crippen LogP contribution in [0, 0.1) is 6.92 Å². The topological polar surface area (TPSA) is 75.7 Å². The van der Waals surface area contributed by atoms with E-state index in [1.807, 2.05) is 19.1 Å². The predicted octanol–water partition coefficient (Wildman–Crippen LogP) is 3.56. The second-order valence-electron chi connectivity index (χ2n) is 6.65. The van der Waals surface area contributed by atoms with Crippen molar-refractivity contribution >= 4 is 39.4 Å². The Morgan fingerprint density at radius 2 is 2.00 bits per heavy atom. The van der Waals surface area contributed by atoms with Crippen LogP contribution in [0.15, 0.2) is 46.9 Å². The van der Waals surface area contributed by atoms with Gasteiger partial charge in [-0.1, -0.05) is 34.1 Å². The number of fused-ring (bicyclic) bond motifs is 1. The van der Waals surface area contributed by atoms with Gasteiger partial charge in [0.05, 0.1) is 5.56 Å². The summed E-state index contributed by atoms with van der Waals surface area (Å²) in [7, 11) is 0. The molecule has 1 saturated heterocycles. The summed E-state index contributed by atoms with van der Waals surface area (Å²) < 4.78 is 6.38. The predicted molar refractivity (Wildman–Crippen MR) is 102 cm³/mol.